The van der Waals surface area contributed by atoms with E-state index in [0.29, 0.717) is 51.8 Å². The second-order valence-corrected chi connectivity index (χ2v) is 11.3. The van der Waals surface area contributed by atoms with Crippen LogP contribution in [0.25, 0.3) is 43.9 Å². The molecule has 5 heterocycles. The average molecular weight is 603 g/mol. The van der Waals surface area contributed by atoms with E-state index in [0.717, 1.165) is 23.2 Å². The second-order valence-electron chi connectivity index (χ2n) is 10.4. The third kappa shape index (κ3) is 5.17. The first-order chi connectivity index (χ1) is 20.7. The summed E-state index contributed by atoms with van der Waals surface area (Å²) >= 11 is 1.37. The fourth-order valence-electron chi connectivity index (χ4n) is 5.33. The van der Waals surface area contributed by atoms with Crippen molar-refractivity contribution in [2.45, 2.75) is 39.5 Å². The molecule has 0 radical (unpaired) electrons. The lowest BCUT2D eigenvalue weighted by atomic mass is 9.96. The normalized spacial score (nSPS) is 15.4. The lowest BCUT2D eigenvalue weighted by Gasteiger charge is -2.33. The number of hydrogen-bond donors (Lipinski definition) is 1. The minimum atomic E-state index is -0.870. The number of aryl methyl sites for hydroxylation is 1. The maximum atomic E-state index is 15.9. The van der Waals surface area contributed by atoms with E-state index in [-0.39, 0.29) is 29.9 Å². The summed E-state index contributed by atoms with van der Waals surface area (Å²) in [5.41, 5.74) is 3.18. The number of hydrogen-bond acceptors (Lipinski definition) is 8. The average Bonchev–Trinajstić information content (AvgIpc) is 3.64. The van der Waals surface area contributed by atoms with Crippen LogP contribution in [0.1, 0.15) is 31.4 Å². The molecule has 1 aromatic carbocycles. The van der Waals surface area contributed by atoms with Gasteiger partial charge in [-0.2, -0.15) is 5.10 Å². The topological polar surface area (TPSA) is 106 Å². The van der Waals surface area contributed by atoms with Crippen molar-refractivity contribution < 1.29 is 23.4 Å². The van der Waals surface area contributed by atoms with E-state index in [4.69, 9.17) is 14.8 Å². The Hall–Kier alpha value is -4.55. The Balaban J connectivity index is 1.64. The van der Waals surface area contributed by atoms with Crippen LogP contribution in [0.15, 0.2) is 54.7 Å². The van der Waals surface area contributed by atoms with Gasteiger partial charge in [0.2, 0.25) is 5.91 Å². The highest BCUT2D eigenvalue weighted by atomic mass is 32.1. The number of fused-ring (bicyclic) bond motifs is 2. The minimum absolute atomic E-state index is 0.00573. The summed E-state index contributed by atoms with van der Waals surface area (Å²) in [4.78, 5) is 28.0. The molecule has 5 aromatic rings. The summed E-state index contributed by atoms with van der Waals surface area (Å²) in [6.07, 6.45) is 3.78. The molecule has 1 N–H and O–H groups in total. The van der Waals surface area contributed by atoms with Crippen LogP contribution in [0.3, 0.4) is 0 Å². The van der Waals surface area contributed by atoms with Gasteiger partial charge in [0, 0.05) is 52.3 Å². The highest BCUT2D eigenvalue weighted by molar-refractivity contribution is 7.18. The predicted molar refractivity (Wildman–Crippen MR) is 159 cm³/mol. The van der Waals surface area contributed by atoms with Gasteiger partial charge in [-0.3, -0.25) is 9.48 Å². The van der Waals surface area contributed by atoms with Crippen LogP contribution in [-0.4, -0.2) is 59.9 Å². The number of nitrogens with zero attached hydrogens (tertiary/aromatic N) is 6. The van der Waals surface area contributed by atoms with Crippen LogP contribution in [-0.2, 0) is 11.3 Å². The zero-order valence-electron chi connectivity index (χ0n) is 23.7. The fraction of sp³-hybridized carbons (Fsp3) is 0.258. The first-order valence-corrected chi connectivity index (χ1v) is 14.6. The van der Waals surface area contributed by atoms with Crippen LogP contribution in [0.5, 0.6) is 5.75 Å². The van der Waals surface area contributed by atoms with E-state index < -0.39 is 17.7 Å². The third-order valence-corrected chi connectivity index (χ3v) is 8.30. The summed E-state index contributed by atoms with van der Waals surface area (Å²) in [6.45, 7) is 9.56. The molecule has 6 rings (SSSR count). The van der Waals surface area contributed by atoms with E-state index >= 15 is 4.39 Å². The first-order valence-electron chi connectivity index (χ1n) is 13.7. The maximum absolute atomic E-state index is 15.9. The van der Waals surface area contributed by atoms with Gasteiger partial charge < -0.3 is 14.7 Å². The fourth-order valence-corrected chi connectivity index (χ4v) is 6.28. The standard InChI is InChI=1S/C31H28F2N6O3S/c1-5-26(41)38-7-8-39-24(17(38)3)12-23(37-39)30-28(27-22(33)10-20(32)11-25(27)42-15-16(2)40)31-21(6-9-43-31)29(36-30)19-13-34-18(4)35-14-19/h5-6,9-14,16-17,40H,1,7-8,15H2,2-4H3. The van der Waals surface area contributed by atoms with Crippen LogP contribution >= 0.6 is 11.3 Å². The predicted octanol–water partition coefficient (Wildman–Crippen LogP) is 5.72. The lowest BCUT2D eigenvalue weighted by Crippen LogP contribution is -2.40. The molecule has 0 spiro atoms. The van der Waals surface area contributed by atoms with Crippen LogP contribution < -0.4 is 4.74 Å². The molecule has 43 heavy (non-hydrogen) atoms. The van der Waals surface area contributed by atoms with E-state index in [9.17, 15) is 14.3 Å². The lowest BCUT2D eigenvalue weighted by molar-refractivity contribution is -0.129. The van der Waals surface area contributed by atoms with Crippen LogP contribution in [0.2, 0.25) is 0 Å². The molecule has 9 nitrogen and oxygen atoms in total. The molecule has 1 amide bonds. The minimum Gasteiger partial charge on any atom is -0.490 e. The summed E-state index contributed by atoms with van der Waals surface area (Å²) < 4.78 is 38.6. The van der Waals surface area contributed by atoms with Crippen molar-refractivity contribution >= 4 is 27.3 Å². The van der Waals surface area contributed by atoms with Gasteiger partial charge in [0.05, 0.1) is 35.6 Å². The number of carbonyl (C=O) groups is 1. The highest BCUT2D eigenvalue weighted by Crippen LogP contribution is 2.47. The summed E-state index contributed by atoms with van der Waals surface area (Å²) in [6, 6.07) is 5.32. The first kappa shape index (κ1) is 28.6. The molecular weight excluding hydrogens is 574 g/mol. The quantitative estimate of drug-likeness (QED) is 0.238. The largest absolute Gasteiger partial charge is 0.490 e. The summed E-state index contributed by atoms with van der Waals surface area (Å²) in [5, 5.41) is 17.3. The highest BCUT2D eigenvalue weighted by Gasteiger charge is 2.31. The molecule has 4 aromatic heterocycles. The molecular formula is C31H28F2N6O3S. The van der Waals surface area contributed by atoms with Crippen molar-refractivity contribution in [2.24, 2.45) is 0 Å². The van der Waals surface area contributed by atoms with E-state index in [1.807, 2.05) is 29.1 Å². The van der Waals surface area contributed by atoms with Gasteiger partial charge in [-0.25, -0.2) is 23.7 Å². The smallest absolute Gasteiger partial charge is 0.246 e. The van der Waals surface area contributed by atoms with Crippen LogP contribution in [0, 0.1) is 18.6 Å². The van der Waals surface area contributed by atoms with Crippen molar-refractivity contribution in [1.29, 1.82) is 0 Å². The molecule has 2 unspecified atom stereocenters. The van der Waals surface area contributed by atoms with E-state index in [1.54, 1.807) is 24.2 Å². The number of aliphatic hydroxyl groups is 1. The van der Waals surface area contributed by atoms with Crippen molar-refractivity contribution in [3.05, 3.63) is 77.8 Å². The zero-order chi connectivity index (χ0) is 30.4. The summed E-state index contributed by atoms with van der Waals surface area (Å²) in [5.74, 6) is -1.31. The van der Waals surface area contributed by atoms with Gasteiger partial charge in [0.1, 0.15) is 41.2 Å². The molecule has 0 saturated heterocycles. The molecule has 1 aliphatic heterocycles. The molecule has 0 fully saturated rings. The number of aromatic nitrogens is 5. The van der Waals surface area contributed by atoms with E-state index in [1.165, 1.54) is 24.3 Å². The molecule has 1 aliphatic rings. The van der Waals surface area contributed by atoms with Gasteiger partial charge in [-0.1, -0.05) is 6.58 Å². The van der Waals surface area contributed by atoms with Crippen molar-refractivity contribution in [3.8, 4) is 39.5 Å². The molecule has 0 aliphatic carbocycles. The number of amides is 1. The number of aliphatic hydroxyl groups excluding tert-OH is 1. The SMILES string of the molecule is C=CC(=O)N1CCn2nc(-c3nc(-c4cnc(C)nc4)c4ccsc4c3-c3c(F)cc(F)cc3OCC(C)O)cc2C1C. The van der Waals surface area contributed by atoms with Gasteiger partial charge >= 0.3 is 0 Å². The number of thiophene rings is 1. The van der Waals surface area contributed by atoms with Gasteiger partial charge in [-0.05, 0) is 44.4 Å². The van der Waals surface area contributed by atoms with Crippen LogP contribution in [0.4, 0.5) is 8.78 Å². The van der Waals surface area contributed by atoms with Gasteiger partial charge in [0.15, 0.2) is 0 Å². The van der Waals surface area contributed by atoms with Crippen molar-refractivity contribution in [3.63, 3.8) is 0 Å². The Labute approximate surface area is 250 Å². The maximum Gasteiger partial charge on any atom is 0.246 e. The second kappa shape index (κ2) is 11.3. The Morgan fingerprint density at radius 1 is 1.21 bits per heavy atom. The Bertz CT molecular complexity index is 1870. The number of carbonyl (C=O) groups excluding carboxylic acids is 1. The number of pyridine rings is 1. The number of ether oxygens (including phenoxy) is 1. The number of halogens is 2. The molecule has 0 saturated carbocycles. The van der Waals surface area contributed by atoms with Crippen molar-refractivity contribution in [1.82, 2.24) is 29.6 Å². The number of rotatable bonds is 7. The Kier molecular flexibility index (Phi) is 7.49. The Morgan fingerprint density at radius 3 is 2.70 bits per heavy atom. The summed E-state index contributed by atoms with van der Waals surface area (Å²) in [7, 11) is 0. The van der Waals surface area contributed by atoms with Gasteiger partial charge in [-0.15, -0.1) is 11.3 Å². The van der Waals surface area contributed by atoms with Gasteiger partial charge in [0.25, 0.3) is 0 Å². The Morgan fingerprint density at radius 2 is 1.98 bits per heavy atom. The molecule has 12 heteroatoms. The molecule has 220 valence electrons. The van der Waals surface area contributed by atoms with E-state index in [2.05, 4.69) is 16.5 Å². The third-order valence-electron chi connectivity index (χ3n) is 7.37. The molecule has 2 atom stereocenters. The monoisotopic (exact) mass is 602 g/mol. The number of benzene rings is 1. The van der Waals surface area contributed by atoms with Crippen molar-refractivity contribution in [2.75, 3.05) is 13.2 Å². The zero-order valence-corrected chi connectivity index (χ0v) is 24.5. The molecule has 0 bridgehead atoms.